The number of nitro groups is 2. The van der Waals surface area contributed by atoms with Crippen molar-refractivity contribution in [1.29, 1.82) is 0 Å². The first kappa shape index (κ1) is 13.3. The minimum absolute atomic E-state index is 0.135. The Hall–Kier alpha value is -3.16. The summed E-state index contributed by atoms with van der Waals surface area (Å²) in [4.78, 5) is 19.9. The molecule has 0 bridgehead atoms. The number of ether oxygens (including phenoxy) is 1. The van der Waals surface area contributed by atoms with Crippen LogP contribution >= 0.6 is 0 Å². The molecule has 0 spiro atoms. The zero-order chi connectivity index (χ0) is 14.7. The van der Waals surface area contributed by atoms with Crippen LogP contribution in [0.3, 0.4) is 0 Å². The summed E-state index contributed by atoms with van der Waals surface area (Å²) in [5.41, 5.74) is -0.810. The van der Waals surface area contributed by atoms with Crippen LogP contribution in [-0.4, -0.2) is 9.85 Å². The van der Waals surface area contributed by atoms with Crippen LogP contribution in [0, 0.1) is 20.2 Å². The summed E-state index contributed by atoms with van der Waals surface area (Å²) in [6.07, 6.45) is 0. The van der Waals surface area contributed by atoms with Crippen molar-refractivity contribution in [3.63, 3.8) is 0 Å². The van der Waals surface area contributed by atoms with E-state index in [1.54, 1.807) is 0 Å². The Morgan fingerprint density at radius 1 is 0.900 bits per heavy atom. The van der Waals surface area contributed by atoms with Crippen LogP contribution < -0.4 is 4.74 Å². The quantitative estimate of drug-likeness (QED) is 0.625. The van der Waals surface area contributed by atoms with Crippen molar-refractivity contribution < 1.29 is 19.7 Å². The van der Waals surface area contributed by atoms with E-state index in [1.165, 1.54) is 36.4 Å². The molecule has 0 heterocycles. The Morgan fingerprint density at radius 3 is 2.10 bits per heavy atom. The summed E-state index contributed by atoms with van der Waals surface area (Å²) in [6, 6.07) is 8.64. The molecular weight excluding hydrogens is 268 g/mol. The molecule has 2 aromatic carbocycles. The molecule has 0 atom stereocenters. The Bertz CT molecular complexity index is 668. The zero-order valence-corrected chi connectivity index (χ0v) is 9.89. The largest absolute Gasteiger partial charge is 0.450 e. The lowest BCUT2D eigenvalue weighted by atomic mass is 10.2. The predicted octanol–water partition coefficient (Wildman–Crippen LogP) is 3.44. The van der Waals surface area contributed by atoms with Gasteiger partial charge in [0.25, 0.3) is 11.4 Å². The Morgan fingerprint density at radius 2 is 1.55 bits per heavy atom. The normalized spacial score (nSPS) is 10.0. The highest BCUT2D eigenvalue weighted by Crippen LogP contribution is 2.38. The second-order valence-corrected chi connectivity index (χ2v) is 3.71. The maximum Gasteiger partial charge on any atom is 0.358 e. The van der Waals surface area contributed by atoms with Gasteiger partial charge in [0, 0.05) is 12.1 Å². The van der Waals surface area contributed by atoms with Crippen molar-refractivity contribution in [2.24, 2.45) is 0 Å². The molecule has 0 unspecified atom stereocenters. The molecule has 2 aromatic rings. The molecule has 0 saturated carbocycles. The van der Waals surface area contributed by atoms with E-state index in [4.69, 9.17) is 4.74 Å². The van der Waals surface area contributed by atoms with E-state index in [-0.39, 0.29) is 17.2 Å². The summed E-state index contributed by atoms with van der Waals surface area (Å²) < 4.78 is 5.22. The molecule has 8 heteroatoms. The number of non-ortho nitro benzene ring substituents is 1. The van der Waals surface area contributed by atoms with Crippen molar-refractivity contribution in [2.45, 2.75) is 0 Å². The van der Waals surface area contributed by atoms with Crippen molar-refractivity contribution in [3.8, 4) is 17.2 Å². The Balaban J connectivity index is 2.33. The lowest BCUT2D eigenvalue weighted by molar-refractivity contribution is -0.387. The maximum absolute atomic E-state index is 11.4. The Labute approximate surface area is 112 Å². The number of hydrogen-bond acceptors (Lipinski definition) is 5. The van der Waals surface area contributed by atoms with Gasteiger partial charge in [-0.1, -0.05) is 6.07 Å². The standard InChI is InChI=1S/C12H7N2O6/c15-10-2-1-3-11(12(10)14(18)19)20-9-6-4-8(5-7-9)13(16)17/h1-7H. The summed E-state index contributed by atoms with van der Waals surface area (Å²) in [5, 5.41) is 32.7. The van der Waals surface area contributed by atoms with E-state index in [2.05, 4.69) is 0 Å². The van der Waals surface area contributed by atoms with Crippen LogP contribution in [0.15, 0.2) is 42.5 Å². The molecule has 0 aliphatic carbocycles. The van der Waals surface area contributed by atoms with Gasteiger partial charge in [-0.15, -0.1) is 0 Å². The Kier molecular flexibility index (Phi) is 3.47. The summed E-state index contributed by atoms with van der Waals surface area (Å²) in [6.45, 7) is 0. The molecule has 0 aliphatic rings. The van der Waals surface area contributed by atoms with Gasteiger partial charge in [0.05, 0.1) is 9.85 Å². The molecule has 101 valence electrons. The van der Waals surface area contributed by atoms with Crippen LogP contribution in [0.4, 0.5) is 11.4 Å². The monoisotopic (exact) mass is 275 g/mol. The first-order valence-electron chi connectivity index (χ1n) is 5.36. The molecule has 8 nitrogen and oxygen atoms in total. The molecule has 0 aromatic heterocycles. The first-order chi connectivity index (χ1) is 9.49. The lowest BCUT2D eigenvalue weighted by Crippen LogP contribution is -1.94. The number of rotatable bonds is 4. The molecule has 0 N–H and O–H groups in total. The third kappa shape index (κ3) is 2.64. The van der Waals surface area contributed by atoms with Gasteiger partial charge < -0.3 is 4.74 Å². The number of nitrogens with zero attached hydrogens (tertiary/aromatic N) is 2. The third-order valence-electron chi connectivity index (χ3n) is 2.42. The maximum atomic E-state index is 11.4. The van der Waals surface area contributed by atoms with E-state index in [9.17, 15) is 25.3 Å². The predicted molar refractivity (Wildman–Crippen MR) is 66.4 cm³/mol. The second kappa shape index (κ2) is 5.22. The van der Waals surface area contributed by atoms with E-state index in [1.807, 2.05) is 0 Å². The van der Waals surface area contributed by atoms with Gasteiger partial charge in [0.1, 0.15) is 5.75 Å². The average Bonchev–Trinajstić information content (AvgIpc) is 2.39. The topological polar surface area (TPSA) is 115 Å². The highest BCUT2D eigenvalue weighted by molar-refractivity contribution is 5.57. The number of nitro benzene ring substituents is 2. The van der Waals surface area contributed by atoms with Gasteiger partial charge in [0.15, 0.2) is 0 Å². The van der Waals surface area contributed by atoms with E-state index in [0.717, 1.165) is 6.07 Å². The van der Waals surface area contributed by atoms with Gasteiger partial charge >= 0.3 is 5.69 Å². The highest BCUT2D eigenvalue weighted by Gasteiger charge is 2.22. The smallest absolute Gasteiger partial charge is 0.358 e. The van der Waals surface area contributed by atoms with Crippen LogP contribution in [0.2, 0.25) is 0 Å². The molecule has 1 radical (unpaired) electrons. The molecule has 0 aliphatic heterocycles. The fourth-order valence-corrected chi connectivity index (χ4v) is 1.53. The van der Waals surface area contributed by atoms with Gasteiger partial charge in [-0.2, -0.15) is 0 Å². The van der Waals surface area contributed by atoms with Crippen molar-refractivity contribution >= 4 is 11.4 Å². The van der Waals surface area contributed by atoms with Crippen LogP contribution in [0.25, 0.3) is 0 Å². The van der Waals surface area contributed by atoms with Crippen molar-refractivity contribution in [3.05, 3.63) is 62.7 Å². The third-order valence-corrected chi connectivity index (χ3v) is 2.42. The SMILES string of the molecule is [O]c1cccc(Oc2ccc([N+](=O)[O-])cc2)c1[N+](=O)[O-]. The number of para-hydroxylation sites is 1. The van der Waals surface area contributed by atoms with E-state index < -0.39 is 21.3 Å². The molecule has 20 heavy (non-hydrogen) atoms. The van der Waals surface area contributed by atoms with E-state index >= 15 is 0 Å². The van der Waals surface area contributed by atoms with Crippen LogP contribution in [-0.2, 0) is 5.11 Å². The second-order valence-electron chi connectivity index (χ2n) is 3.71. The van der Waals surface area contributed by atoms with Crippen LogP contribution in [0.1, 0.15) is 0 Å². The van der Waals surface area contributed by atoms with Gasteiger partial charge in [-0.3, -0.25) is 25.3 Å². The molecule has 0 amide bonds. The first-order valence-corrected chi connectivity index (χ1v) is 5.36. The molecule has 0 fully saturated rings. The molecule has 2 rings (SSSR count). The highest BCUT2D eigenvalue weighted by atomic mass is 16.6. The fourth-order valence-electron chi connectivity index (χ4n) is 1.53. The summed E-state index contributed by atoms with van der Waals surface area (Å²) in [5.74, 6) is -0.824. The number of hydrogen-bond donors (Lipinski definition) is 0. The minimum Gasteiger partial charge on any atom is -0.450 e. The summed E-state index contributed by atoms with van der Waals surface area (Å²) in [7, 11) is 0. The lowest BCUT2D eigenvalue weighted by Gasteiger charge is -2.05. The van der Waals surface area contributed by atoms with Crippen molar-refractivity contribution in [2.75, 3.05) is 0 Å². The average molecular weight is 275 g/mol. The zero-order valence-electron chi connectivity index (χ0n) is 9.89. The minimum atomic E-state index is -0.830. The van der Waals surface area contributed by atoms with Gasteiger partial charge in [0.2, 0.25) is 5.75 Å². The molecular formula is C12H7N2O6. The number of benzene rings is 2. The summed E-state index contributed by atoms with van der Waals surface area (Å²) >= 11 is 0. The van der Waals surface area contributed by atoms with Crippen LogP contribution in [0.5, 0.6) is 17.2 Å². The van der Waals surface area contributed by atoms with Crippen molar-refractivity contribution in [1.82, 2.24) is 0 Å². The molecule has 0 saturated heterocycles. The van der Waals surface area contributed by atoms with Gasteiger partial charge in [-0.05, 0) is 24.3 Å². The van der Waals surface area contributed by atoms with E-state index in [0.29, 0.717) is 0 Å². The van der Waals surface area contributed by atoms with Gasteiger partial charge in [-0.25, -0.2) is 0 Å². The fraction of sp³-hybridized carbons (Fsp3) is 0.